The van der Waals surface area contributed by atoms with E-state index in [0.717, 1.165) is 78.1 Å². The fraction of sp³-hybridized carbons (Fsp3) is 0.650. The van der Waals surface area contributed by atoms with Crippen molar-refractivity contribution >= 4 is 33.3 Å². The van der Waals surface area contributed by atoms with Crippen molar-refractivity contribution in [2.75, 3.05) is 50.7 Å². The van der Waals surface area contributed by atoms with Gasteiger partial charge in [0.2, 0.25) is 0 Å². The number of aromatic nitrogens is 2. The van der Waals surface area contributed by atoms with Crippen molar-refractivity contribution in [3.63, 3.8) is 0 Å². The largest absolute Gasteiger partial charge is 0.356 e. The Morgan fingerprint density at radius 3 is 2.37 bits per heavy atom. The van der Waals surface area contributed by atoms with Crippen LogP contribution in [0, 0.1) is 13.8 Å². The van der Waals surface area contributed by atoms with Crippen LogP contribution in [0.15, 0.2) is 0 Å². The third kappa shape index (κ3) is 3.55. The molecule has 2 aliphatic rings. The molecule has 7 heteroatoms. The Balaban J connectivity index is 1.68. The molecule has 2 aromatic heterocycles. The van der Waals surface area contributed by atoms with Gasteiger partial charge in [-0.1, -0.05) is 6.92 Å². The molecule has 0 saturated carbocycles. The Morgan fingerprint density at radius 2 is 1.70 bits per heavy atom. The average Bonchev–Trinajstić information content (AvgIpc) is 3.03. The predicted molar refractivity (Wildman–Crippen MR) is 111 cm³/mol. The summed E-state index contributed by atoms with van der Waals surface area (Å²) in [7, 11) is 0. The summed E-state index contributed by atoms with van der Waals surface area (Å²) in [6.07, 6.45) is 3.71. The number of thiophene rings is 1. The van der Waals surface area contributed by atoms with Crippen LogP contribution >= 0.6 is 11.3 Å². The first-order chi connectivity index (χ1) is 13.1. The third-order valence-electron chi connectivity index (χ3n) is 5.84. The summed E-state index contributed by atoms with van der Waals surface area (Å²) in [6.45, 7) is 12.9. The number of carbonyl (C=O) groups is 1. The van der Waals surface area contributed by atoms with Crippen molar-refractivity contribution in [2.24, 2.45) is 0 Å². The molecule has 146 valence electrons. The van der Waals surface area contributed by atoms with Crippen LogP contribution in [0.4, 0.5) is 5.82 Å². The maximum absolute atomic E-state index is 13.2. The molecule has 0 spiro atoms. The predicted octanol–water partition coefficient (Wildman–Crippen LogP) is 3.08. The van der Waals surface area contributed by atoms with E-state index in [0.29, 0.717) is 0 Å². The monoisotopic (exact) mass is 387 g/mol. The summed E-state index contributed by atoms with van der Waals surface area (Å²) in [5.41, 5.74) is 1.05. The molecule has 4 heterocycles. The van der Waals surface area contributed by atoms with Gasteiger partial charge in [-0.25, -0.2) is 9.97 Å². The lowest BCUT2D eigenvalue weighted by atomic mass is 10.1. The zero-order chi connectivity index (χ0) is 19.0. The number of carbonyl (C=O) groups excluding carboxylic acids is 1. The van der Waals surface area contributed by atoms with E-state index in [9.17, 15) is 4.79 Å². The summed E-state index contributed by atoms with van der Waals surface area (Å²) < 4.78 is 0. The molecule has 2 aromatic rings. The number of anilines is 1. The van der Waals surface area contributed by atoms with Gasteiger partial charge in [0.05, 0.1) is 10.3 Å². The van der Waals surface area contributed by atoms with Crippen LogP contribution in [0.25, 0.3) is 10.2 Å². The van der Waals surface area contributed by atoms with Gasteiger partial charge in [0.25, 0.3) is 5.91 Å². The summed E-state index contributed by atoms with van der Waals surface area (Å²) in [5, 5.41) is 1.09. The second kappa shape index (κ2) is 7.72. The van der Waals surface area contributed by atoms with E-state index in [1.54, 1.807) is 11.3 Å². The fourth-order valence-corrected chi connectivity index (χ4v) is 5.36. The molecule has 2 saturated heterocycles. The number of hydrogen-bond donors (Lipinski definition) is 0. The molecule has 2 fully saturated rings. The van der Waals surface area contributed by atoms with Gasteiger partial charge in [-0.15, -0.1) is 11.3 Å². The van der Waals surface area contributed by atoms with Gasteiger partial charge >= 0.3 is 0 Å². The van der Waals surface area contributed by atoms with E-state index in [4.69, 9.17) is 4.98 Å². The van der Waals surface area contributed by atoms with Gasteiger partial charge in [0.1, 0.15) is 16.5 Å². The molecule has 1 amide bonds. The number of rotatable bonds is 3. The lowest BCUT2D eigenvalue weighted by Gasteiger charge is -2.34. The maximum atomic E-state index is 13.2. The number of piperidine rings is 1. The van der Waals surface area contributed by atoms with E-state index >= 15 is 0 Å². The van der Waals surface area contributed by atoms with Gasteiger partial charge in [-0.2, -0.15) is 0 Å². The van der Waals surface area contributed by atoms with E-state index in [1.807, 2.05) is 11.8 Å². The van der Waals surface area contributed by atoms with Crippen LogP contribution in [-0.4, -0.2) is 71.5 Å². The molecule has 0 atom stereocenters. The molecule has 0 bridgehead atoms. The topological polar surface area (TPSA) is 52.6 Å². The standard InChI is InChI=1S/C20H29N5OS/c1-4-23-10-12-25(13-11-23)20(26)17-14(2)16-18(24-8-6-5-7-9-24)21-15(3)22-19(16)27-17/h4-13H2,1-3H3. The Bertz CT molecular complexity index is 834. The molecule has 0 radical (unpaired) electrons. The van der Waals surface area contributed by atoms with E-state index in [1.165, 1.54) is 19.3 Å². The lowest BCUT2D eigenvalue weighted by Crippen LogP contribution is -2.48. The highest BCUT2D eigenvalue weighted by molar-refractivity contribution is 7.20. The van der Waals surface area contributed by atoms with Crippen molar-refractivity contribution in [3.8, 4) is 0 Å². The minimum absolute atomic E-state index is 0.161. The first-order valence-electron chi connectivity index (χ1n) is 10.1. The molecule has 0 aliphatic carbocycles. The number of amides is 1. The number of nitrogens with zero attached hydrogens (tertiary/aromatic N) is 5. The number of aryl methyl sites for hydroxylation is 2. The van der Waals surface area contributed by atoms with Gasteiger partial charge in [-0.05, 0) is 45.2 Å². The van der Waals surface area contributed by atoms with E-state index in [2.05, 4.69) is 28.6 Å². The Morgan fingerprint density at radius 1 is 1.00 bits per heavy atom. The fourth-order valence-electron chi connectivity index (χ4n) is 4.17. The third-order valence-corrected chi connectivity index (χ3v) is 7.01. The second-order valence-electron chi connectivity index (χ2n) is 7.60. The number of piperazine rings is 1. The molecule has 4 rings (SSSR count). The van der Waals surface area contributed by atoms with Crippen LogP contribution in [0.5, 0.6) is 0 Å². The first-order valence-corrected chi connectivity index (χ1v) is 10.9. The van der Waals surface area contributed by atoms with E-state index in [-0.39, 0.29) is 5.91 Å². The lowest BCUT2D eigenvalue weighted by molar-refractivity contribution is 0.0647. The van der Waals surface area contributed by atoms with Crippen LogP contribution < -0.4 is 4.90 Å². The minimum Gasteiger partial charge on any atom is -0.356 e. The van der Waals surface area contributed by atoms with Crippen molar-refractivity contribution in [1.29, 1.82) is 0 Å². The van der Waals surface area contributed by atoms with Crippen molar-refractivity contribution in [3.05, 3.63) is 16.3 Å². The highest BCUT2D eigenvalue weighted by Gasteiger charge is 2.27. The quantitative estimate of drug-likeness (QED) is 0.810. The Hall–Kier alpha value is -1.73. The molecule has 2 aliphatic heterocycles. The van der Waals surface area contributed by atoms with Crippen molar-refractivity contribution < 1.29 is 4.79 Å². The molecule has 0 N–H and O–H groups in total. The molecule has 6 nitrogen and oxygen atoms in total. The van der Waals surface area contributed by atoms with E-state index < -0.39 is 0 Å². The maximum Gasteiger partial charge on any atom is 0.264 e. The molecular formula is C20H29N5OS. The van der Waals surface area contributed by atoms with Gasteiger partial charge < -0.3 is 14.7 Å². The SMILES string of the molecule is CCN1CCN(C(=O)c2sc3nc(C)nc(N4CCCCC4)c3c2C)CC1. The molecule has 0 aromatic carbocycles. The van der Waals surface area contributed by atoms with Gasteiger partial charge in [0, 0.05) is 39.3 Å². The summed E-state index contributed by atoms with van der Waals surface area (Å²) in [6, 6.07) is 0. The molecule has 27 heavy (non-hydrogen) atoms. The van der Waals surface area contributed by atoms with Gasteiger partial charge in [0.15, 0.2) is 0 Å². The summed E-state index contributed by atoms with van der Waals surface area (Å²) in [5.74, 6) is 1.98. The summed E-state index contributed by atoms with van der Waals surface area (Å²) >= 11 is 1.54. The highest BCUT2D eigenvalue weighted by atomic mass is 32.1. The smallest absolute Gasteiger partial charge is 0.264 e. The van der Waals surface area contributed by atoms with Gasteiger partial charge in [-0.3, -0.25) is 4.79 Å². The number of hydrogen-bond acceptors (Lipinski definition) is 6. The van der Waals surface area contributed by atoms with Crippen LogP contribution in [0.3, 0.4) is 0 Å². The average molecular weight is 388 g/mol. The number of fused-ring (bicyclic) bond motifs is 1. The highest BCUT2D eigenvalue weighted by Crippen LogP contribution is 2.37. The normalized spacial score (nSPS) is 19.1. The minimum atomic E-state index is 0.161. The molecular weight excluding hydrogens is 358 g/mol. The van der Waals surface area contributed by atoms with Crippen LogP contribution in [0.2, 0.25) is 0 Å². The first kappa shape index (κ1) is 18.6. The number of likely N-dealkylation sites (N-methyl/N-ethyl adjacent to an activating group) is 1. The van der Waals surface area contributed by atoms with Crippen LogP contribution in [0.1, 0.15) is 47.2 Å². The zero-order valence-electron chi connectivity index (χ0n) is 16.6. The Kier molecular flexibility index (Phi) is 5.32. The summed E-state index contributed by atoms with van der Waals surface area (Å²) in [4.78, 5) is 31.2. The van der Waals surface area contributed by atoms with Crippen molar-refractivity contribution in [2.45, 2.75) is 40.0 Å². The zero-order valence-corrected chi connectivity index (χ0v) is 17.4. The molecule has 0 unspecified atom stereocenters. The second-order valence-corrected chi connectivity index (χ2v) is 8.60. The van der Waals surface area contributed by atoms with Crippen molar-refractivity contribution in [1.82, 2.24) is 19.8 Å². The Labute approximate surface area is 165 Å². The van der Waals surface area contributed by atoms with Crippen LogP contribution in [-0.2, 0) is 0 Å².